The van der Waals surface area contributed by atoms with Gasteiger partial charge in [-0.2, -0.15) is 4.31 Å². The monoisotopic (exact) mass is 459 g/mol. The third kappa shape index (κ3) is 5.19. The number of hydrogen-bond donors (Lipinski definition) is 0. The van der Waals surface area contributed by atoms with E-state index in [1.807, 2.05) is 24.1 Å². The van der Waals surface area contributed by atoms with Gasteiger partial charge in [0, 0.05) is 32.7 Å². The van der Waals surface area contributed by atoms with Gasteiger partial charge in [0.2, 0.25) is 15.9 Å². The first-order valence-electron chi connectivity index (χ1n) is 11.2. The molecule has 0 bridgehead atoms. The zero-order valence-electron chi connectivity index (χ0n) is 18.5. The molecule has 1 saturated heterocycles. The molecule has 2 aromatic carbocycles. The first-order chi connectivity index (χ1) is 15.3. The van der Waals surface area contributed by atoms with Crippen LogP contribution in [0.25, 0.3) is 0 Å². The lowest BCUT2D eigenvalue weighted by atomic mass is 10.1. The number of rotatable bonds is 7. The van der Waals surface area contributed by atoms with E-state index in [1.165, 1.54) is 22.0 Å². The number of aryl methyl sites for hydroxylation is 2. The number of fused-ring (bicyclic) bond motifs is 1. The number of carbonyl (C=O) groups excluding carboxylic acids is 1. The maximum absolute atomic E-state index is 13.1. The average molecular weight is 460 g/mol. The lowest BCUT2D eigenvalue weighted by molar-refractivity contribution is -0.133. The Morgan fingerprint density at radius 3 is 2.41 bits per heavy atom. The Labute approximate surface area is 189 Å². The van der Waals surface area contributed by atoms with Crippen molar-refractivity contribution in [2.24, 2.45) is 0 Å². The molecule has 6 nitrogen and oxygen atoms in total. The summed E-state index contributed by atoms with van der Waals surface area (Å²) < 4.78 is 40.6. The number of nitrogens with zero attached hydrogens (tertiary/aromatic N) is 3. The zero-order valence-corrected chi connectivity index (χ0v) is 19.3. The fourth-order valence-electron chi connectivity index (χ4n) is 4.42. The van der Waals surface area contributed by atoms with Gasteiger partial charge >= 0.3 is 0 Å². The van der Waals surface area contributed by atoms with Crippen LogP contribution in [0.4, 0.5) is 4.39 Å². The van der Waals surface area contributed by atoms with Crippen LogP contribution >= 0.6 is 0 Å². The van der Waals surface area contributed by atoms with E-state index in [0.717, 1.165) is 36.8 Å². The van der Waals surface area contributed by atoms with E-state index in [4.69, 9.17) is 0 Å². The summed E-state index contributed by atoms with van der Waals surface area (Å²) in [6.45, 7) is 2.38. The van der Waals surface area contributed by atoms with E-state index in [9.17, 15) is 17.6 Å². The van der Waals surface area contributed by atoms with Crippen molar-refractivity contribution >= 4 is 15.9 Å². The maximum Gasteiger partial charge on any atom is 0.243 e. The van der Waals surface area contributed by atoms with Crippen LogP contribution in [-0.2, 0) is 34.1 Å². The lowest BCUT2D eigenvalue weighted by Gasteiger charge is -2.34. The predicted octanol–water partition coefficient (Wildman–Crippen LogP) is 2.32. The van der Waals surface area contributed by atoms with Crippen LogP contribution in [0.2, 0.25) is 0 Å². The molecule has 1 aliphatic heterocycles. The maximum atomic E-state index is 13.1. The van der Waals surface area contributed by atoms with Gasteiger partial charge in [0.15, 0.2) is 0 Å². The van der Waals surface area contributed by atoms with Crippen molar-refractivity contribution in [2.75, 3.05) is 46.3 Å². The van der Waals surface area contributed by atoms with Gasteiger partial charge < -0.3 is 4.90 Å². The summed E-state index contributed by atoms with van der Waals surface area (Å²) >= 11 is 0. The molecular formula is C24H30FN3O3S. The molecule has 1 heterocycles. The normalized spacial score (nSPS) is 17.0. The van der Waals surface area contributed by atoms with Crippen LogP contribution < -0.4 is 0 Å². The Bertz CT molecular complexity index is 1060. The van der Waals surface area contributed by atoms with E-state index in [1.54, 1.807) is 23.1 Å². The van der Waals surface area contributed by atoms with Gasteiger partial charge in [-0.25, -0.2) is 12.8 Å². The highest BCUT2D eigenvalue weighted by atomic mass is 32.2. The Balaban J connectivity index is 1.27. The van der Waals surface area contributed by atoms with E-state index in [0.29, 0.717) is 37.6 Å². The average Bonchev–Trinajstić information content (AvgIpc) is 3.27. The Morgan fingerprint density at radius 2 is 1.69 bits per heavy atom. The molecule has 32 heavy (non-hydrogen) atoms. The summed E-state index contributed by atoms with van der Waals surface area (Å²) in [4.78, 5) is 16.7. The Morgan fingerprint density at radius 1 is 1.00 bits per heavy atom. The molecule has 0 unspecified atom stereocenters. The summed E-state index contributed by atoms with van der Waals surface area (Å²) in [5.74, 6) is -0.254. The first-order valence-corrected chi connectivity index (χ1v) is 12.6. The molecule has 0 spiro atoms. The van der Waals surface area contributed by atoms with E-state index in [2.05, 4.69) is 0 Å². The molecule has 0 radical (unpaired) electrons. The first kappa shape index (κ1) is 22.9. The van der Waals surface area contributed by atoms with Gasteiger partial charge in [-0.15, -0.1) is 0 Å². The van der Waals surface area contributed by atoms with Crippen LogP contribution in [0.1, 0.15) is 23.1 Å². The Hall–Kier alpha value is -2.29. The van der Waals surface area contributed by atoms with Crippen LogP contribution in [0.5, 0.6) is 0 Å². The number of likely N-dealkylation sites (N-methyl/N-ethyl adjacent to an activating group) is 1. The molecule has 0 N–H and O–H groups in total. The summed E-state index contributed by atoms with van der Waals surface area (Å²) in [5, 5.41) is 0. The van der Waals surface area contributed by atoms with E-state index >= 15 is 0 Å². The third-order valence-electron chi connectivity index (χ3n) is 6.40. The van der Waals surface area contributed by atoms with Gasteiger partial charge in [0.25, 0.3) is 0 Å². The van der Waals surface area contributed by atoms with Gasteiger partial charge in [-0.05, 0) is 73.7 Å². The van der Waals surface area contributed by atoms with Crippen molar-refractivity contribution in [1.82, 2.24) is 14.1 Å². The summed E-state index contributed by atoms with van der Waals surface area (Å²) in [5.41, 5.74) is 3.42. The van der Waals surface area contributed by atoms with Crippen LogP contribution in [0, 0.1) is 5.82 Å². The molecule has 1 amide bonds. The molecule has 0 aromatic heterocycles. The zero-order chi connectivity index (χ0) is 22.7. The Kier molecular flexibility index (Phi) is 6.93. The smallest absolute Gasteiger partial charge is 0.243 e. The quantitative estimate of drug-likeness (QED) is 0.638. The summed E-state index contributed by atoms with van der Waals surface area (Å²) in [7, 11) is -1.65. The number of amides is 1. The number of piperazine rings is 1. The highest BCUT2D eigenvalue weighted by Crippen LogP contribution is 2.26. The van der Waals surface area contributed by atoms with Crippen molar-refractivity contribution in [1.29, 1.82) is 0 Å². The van der Waals surface area contributed by atoms with Crippen LogP contribution in [-0.4, -0.2) is 74.7 Å². The number of sulfonamides is 1. The number of carbonyl (C=O) groups is 1. The summed E-state index contributed by atoms with van der Waals surface area (Å²) in [6, 6.07) is 11.9. The van der Waals surface area contributed by atoms with Crippen molar-refractivity contribution in [3.63, 3.8) is 0 Å². The minimum atomic E-state index is -3.54. The van der Waals surface area contributed by atoms with Crippen LogP contribution in [0.15, 0.2) is 47.4 Å². The SMILES string of the molecule is CN(CCc1ccc(F)cc1)CC(=O)N1CCN(S(=O)(=O)c2ccc3c(c2)CCC3)CC1. The van der Waals surface area contributed by atoms with E-state index in [-0.39, 0.29) is 18.3 Å². The van der Waals surface area contributed by atoms with Crippen molar-refractivity contribution < 1.29 is 17.6 Å². The van der Waals surface area contributed by atoms with Crippen molar-refractivity contribution in [2.45, 2.75) is 30.6 Å². The van der Waals surface area contributed by atoms with Gasteiger partial charge in [-0.1, -0.05) is 18.2 Å². The summed E-state index contributed by atoms with van der Waals surface area (Å²) in [6.07, 6.45) is 3.78. The molecule has 0 atom stereocenters. The van der Waals surface area contributed by atoms with E-state index < -0.39 is 10.0 Å². The van der Waals surface area contributed by atoms with Gasteiger partial charge in [0.05, 0.1) is 11.4 Å². The lowest BCUT2D eigenvalue weighted by Crippen LogP contribution is -2.52. The van der Waals surface area contributed by atoms with Gasteiger partial charge in [-0.3, -0.25) is 9.69 Å². The largest absolute Gasteiger partial charge is 0.339 e. The number of hydrogen-bond acceptors (Lipinski definition) is 4. The second-order valence-corrected chi connectivity index (χ2v) is 10.6. The molecule has 2 aliphatic rings. The highest BCUT2D eigenvalue weighted by molar-refractivity contribution is 7.89. The highest BCUT2D eigenvalue weighted by Gasteiger charge is 2.31. The second kappa shape index (κ2) is 9.68. The van der Waals surface area contributed by atoms with Gasteiger partial charge in [0.1, 0.15) is 5.82 Å². The minimum absolute atomic E-state index is 0.00110. The standard InChI is InChI=1S/C24H30FN3O3S/c1-26(12-11-19-5-8-22(25)9-6-19)18-24(29)27-13-15-28(16-14-27)32(30,31)23-10-7-20-3-2-4-21(20)17-23/h5-10,17H,2-4,11-16,18H2,1H3. The number of halogens is 1. The molecule has 1 aliphatic carbocycles. The topological polar surface area (TPSA) is 60.9 Å². The minimum Gasteiger partial charge on any atom is -0.339 e. The predicted molar refractivity (Wildman–Crippen MR) is 121 cm³/mol. The molecule has 2 aromatic rings. The number of benzene rings is 2. The molecule has 1 fully saturated rings. The molecule has 0 saturated carbocycles. The fourth-order valence-corrected chi connectivity index (χ4v) is 5.89. The molecule has 172 valence electrons. The van der Waals surface area contributed by atoms with Crippen LogP contribution in [0.3, 0.4) is 0 Å². The third-order valence-corrected chi connectivity index (χ3v) is 8.29. The molecule has 4 rings (SSSR count). The molecular weight excluding hydrogens is 429 g/mol. The fraction of sp³-hybridized carbons (Fsp3) is 0.458. The van der Waals surface area contributed by atoms with Crippen molar-refractivity contribution in [3.05, 3.63) is 65.0 Å². The molecule has 8 heteroatoms. The van der Waals surface area contributed by atoms with Crippen molar-refractivity contribution in [3.8, 4) is 0 Å². The second-order valence-electron chi connectivity index (χ2n) is 8.68.